The van der Waals surface area contributed by atoms with Crippen molar-refractivity contribution in [2.24, 2.45) is 0 Å². The number of hydrogen-bond acceptors (Lipinski definition) is 5. The number of hydrogen-bond donors (Lipinski definition) is 0. The molecular formula is C17H13ClN4OS. The molecule has 0 saturated heterocycles. The van der Waals surface area contributed by atoms with Gasteiger partial charge >= 0.3 is 0 Å². The van der Waals surface area contributed by atoms with Gasteiger partial charge in [-0.1, -0.05) is 41.1 Å². The molecule has 4 rings (SSSR count). The largest absolute Gasteiger partial charge is 0.486 e. The van der Waals surface area contributed by atoms with Gasteiger partial charge in [0.05, 0.1) is 0 Å². The van der Waals surface area contributed by atoms with E-state index in [1.54, 1.807) is 4.52 Å². The van der Waals surface area contributed by atoms with Crippen molar-refractivity contribution in [1.82, 2.24) is 19.8 Å². The number of nitrogens with zero attached hydrogens (tertiary/aromatic N) is 4. The van der Waals surface area contributed by atoms with Gasteiger partial charge < -0.3 is 4.74 Å². The van der Waals surface area contributed by atoms with E-state index in [1.165, 1.54) is 11.3 Å². The highest BCUT2D eigenvalue weighted by Crippen LogP contribution is 2.24. The first kappa shape index (κ1) is 15.1. The van der Waals surface area contributed by atoms with Crippen LogP contribution < -0.4 is 4.74 Å². The van der Waals surface area contributed by atoms with Crippen LogP contribution in [0.15, 0.2) is 48.5 Å². The Balaban J connectivity index is 1.60. The summed E-state index contributed by atoms with van der Waals surface area (Å²) in [6.07, 6.45) is 0. The molecule has 0 atom stereocenters. The molecule has 4 aromatic rings. The monoisotopic (exact) mass is 356 g/mol. The summed E-state index contributed by atoms with van der Waals surface area (Å²) in [6.45, 7) is 2.42. The first-order chi connectivity index (χ1) is 11.7. The van der Waals surface area contributed by atoms with Gasteiger partial charge in [-0.25, -0.2) is 0 Å². The van der Waals surface area contributed by atoms with Gasteiger partial charge in [0.2, 0.25) is 4.96 Å². The molecular weight excluding hydrogens is 344 g/mol. The molecule has 0 spiro atoms. The molecule has 2 aromatic carbocycles. The summed E-state index contributed by atoms with van der Waals surface area (Å²) in [5.41, 5.74) is 2.02. The minimum absolute atomic E-state index is 0.402. The topological polar surface area (TPSA) is 52.3 Å². The fraction of sp³-hybridized carbons (Fsp3) is 0.118. The third-order valence-corrected chi connectivity index (χ3v) is 4.70. The zero-order chi connectivity index (χ0) is 16.5. The van der Waals surface area contributed by atoms with Crippen molar-refractivity contribution in [3.8, 4) is 17.1 Å². The lowest BCUT2D eigenvalue weighted by Crippen LogP contribution is -1.98. The number of benzene rings is 2. The number of aryl methyl sites for hydroxylation is 1. The molecule has 0 aliphatic rings. The molecule has 0 unspecified atom stereocenters. The summed E-state index contributed by atoms with van der Waals surface area (Å²) in [7, 11) is 0. The van der Waals surface area contributed by atoms with E-state index in [2.05, 4.69) is 15.3 Å². The standard InChI is InChI=1S/C17H13ClN4OS/c1-11-4-2-3-5-14(11)23-10-15-21-22-16(19-20-17(22)24-15)12-6-8-13(18)9-7-12/h2-9H,10H2,1H3. The fourth-order valence-electron chi connectivity index (χ4n) is 2.35. The lowest BCUT2D eigenvalue weighted by atomic mass is 10.2. The Kier molecular flexibility index (Phi) is 3.92. The first-order valence-corrected chi connectivity index (χ1v) is 8.55. The summed E-state index contributed by atoms with van der Waals surface area (Å²) in [5, 5.41) is 14.5. The highest BCUT2D eigenvalue weighted by Gasteiger charge is 2.14. The predicted octanol–water partition coefficient (Wildman–Crippen LogP) is 4.39. The van der Waals surface area contributed by atoms with Crippen LogP contribution in [0.25, 0.3) is 16.3 Å². The predicted molar refractivity (Wildman–Crippen MR) is 94.6 cm³/mol. The van der Waals surface area contributed by atoms with Gasteiger partial charge in [0.25, 0.3) is 0 Å². The number of halogens is 1. The van der Waals surface area contributed by atoms with Crippen molar-refractivity contribution in [2.45, 2.75) is 13.5 Å². The Morgan fingerprint density at radius 2 is 1.88 bits per heavy atom. The van der Waals surface area contributed by atoms with Gasteiger partial charge in [-0.15, -0.1) is 10.2 Å². The fourth-order valence-corrected chi connectivity index (χ4v) is 3.22. The molecule has 0 aliphatic carbocycles. The van der Waals surface area contributed by atoms with Crippen molar-refractivity contribution < 1.29 is 4.74 Å². The molecule has 0 amide bonds. The van der Waals surface area contributed by atoms with Gasteiger partial charge in [-0.2, -0.15) is 9.61 Å². The minimum atomic E-state index is 0.402. The highest BCUT2D eigenvalue weighted by molar-refractivity contribution is 7.16. The number of aromatic nitrogens is 4. The van der Waals surface area contributed by atoms with Gasteiger partial charge in [0.15, 0.2) is 10.8 Å². The van der Waals surface area contributed by atoms with Crippen LogP contribution in [0.2, 0.25) is 5.02 Å². The molecule has 0 bridgehead atoms. The van der Waals surface area contributed by atoms with Crippen molar-refractivity contribution in [1.29, 1.82) is 0 Å². The van der Waals surface area contributed by atoms with Crippen LogP contribution in [0.4, 0.5) is 0 Å². The number of ether oxygens (including phenoxy) is 1. The van der Waals surface area contributed by atoms with Crippen LogP contribution in [0, 0.1) is 6.92 Å². The number of rotatable bonds is 4. The third kappa shape index (κ3) is 2.86. The van der Waals surface area contributed by atoms with Gasteiger partial charge in [0.1, 0.15) is 12.4 Å². The summed E-state index contributed by atoms with van der Waals surface area (Å²) >= 11 is 7.40. The maximum atomic E-state index is 5.93. The second-order valence-electron chi connectivity index (χ2n) is 5.27. The Labute approximate surface area is 147 Å². The molecule has 2 aromatic heterocycles. The summed E-state index contributed by atoms with van der Waals surface area (Å²) in [4.78, 5) is 0.739. The van der Waals surface area contributed by atoms with Gasteiger partial charge in [-0.3, -0.25) is 0 Å². The van der Waals surface area contributed by atoms with E-state index in [0.29, 0.717) is 17.5 Å². The summed E-state index contributed by atoms with van der Waals surface area (Å²) in [5.74, 6) is 1.56. The molecule has 0 radical (unpaired) electrons. The maximum Gasteiger partial charge on any atom is 0.235 e. The van der Waals surface area contributed by atoms with Crippen molar-refractivity contribution in [2.75, 3.05) is 0 Å². The number of para-hydroxylation sites is 1. The van der Waals surface area contributed by atoms with Crippen LogP contribution in [-0.2, 0) is 6.61 Å². The van der Waals surface area contributed by atoms with Crippen LogP contribution in [0.3, 0.4) is 0 Å². The third-order valence-electron chi connectivity index (χ3n) is 3.58. The lowest BCUT2D eigenvalue weighted by Gasteiger charge is -2.06. The van der Waals surface area contributed by atoms with E-state index in [4.69, 9.17) is 16.3 Å². The maximum absolute atomic E-state index is 5.93. The smallest absolute Gasteiger partial charge is 0.235 e. The average molecular weight is 357 g/mol. The summed E-state index contributed by atoms with van der Waals surface area (Å²) < 4.78 is 7.59. The van der Waals surface area contributed by atoms with Crippen LogP contribution in [0.5, 0.6) is 5.75 Å². The molecule has 0 saturated carbocycles. The van der Waals surface area contributed by atoms with Crippen molar-refractivity contribution >= 4 is 27.9 Å². The Morgan fingerprint density at radius 3 is 2.67 bits per heavy atom. The SMILES string of the molecule is Cc1ccccc1OCc1nn2c(-c3ccc(Cl)cc3)nnc2s1. The van der Waals surface area contributed by atoms with E-state index in [9.17, 15) is 0 Å². The second-order valence-corrected chi connectivity index (χ2v) is 6.75. The minimum Gasteiger partial charge on any atom is -0.486 e. The average Bonchev–Trinajstić information content (AvgIpc) is 3.15. The zero-order valence-corrected chi connectivity index (χ0v) is 14.4. The first-order valence-electron chi connectivity index (χ1n) is 7.36. The Hall–Kier alpha value is -2.44. The normalized spacial score (nSPS) is 11.1. The highest BCUT2D eigenvalue weighted by atomic mass is 35.5. The molecule has 0 fully saturated rings. The molecule has 0 N–H and O–H groups in total. The van der Waals surface area contributed by atoms with Gasteiger partial charge in [-0.05, 0) is 42.8 Å². The zero-order valence-electron chi connectivity index (χ0n) is 12.8. The van der Waals surface area contributed by atoms with Crippen LogP contribution >= 0.6 is 22.9 Å². The Bertz CT molecular complexity index is 993. The van der Waals surface area contributed by atoms with E-state index < -0.39 is 0 Å². The van der Waals surface area contributed by atoms with E-state index in [1.807, 2.05) is 55.5 Å². The molecule has 0 aliphatic heterocycles. The van der Waals surface area contributed by atoms with Crippen molar-refractivity contribution in [3.63, 3.8) is 0 Å². The van der Waals surface area contributed by atoms with Crippen LogP contribution in [-0.4, -0.2) is 19.8 Å². The molecule has 7 heteroatoms. The van der Waals surface area contributed by atoms with Gasteiger partial charge in [0, 0.05) is 10.6 Å². The molecule has 24 heavy (non-hydrogen) atoms. The molecule has 2 heterocycles. The molecule has 5 nitrogen and oxygen atoms in total. The second kappa shape index (κ2) is 6.22. The van der Waals surface area contributed by atoms with E-state index >= 15 is 0 Å². The van der Waals surface area contributed by atoms with Crippen LogP contribution in [0.1, 0.15) is 10.6 Å². The molecule has 120 valence electrons. The quantitative estimate of drug-likeness (QED) is 0.544. The lowest BCUT2D eigenvalue weighted by molar-refractivity contribution is 0.302. The van der Waals surface area contributed by atoms with E-state index in [0.717, 1.165) is 26.8 Å². The van der Waals surface area contributed by atoms with Crippen molar-refractivity contribution in [3.05, 3.63) is 64.1 Å². The number of fused-ring (bicyclic) bond motifs is 1. The Morgan fingerprint density at radius 1 is 1.08 bits per heavy atom. The van der Waals surface area contributed by atoms with E-state index in [-0.39, 0.29) is 0 Å². The summed E-state index contributed by atoms with van der Waals surface area (Å²) in [6, 6.07) is 15.4.